The van der Waals surface area contributed by atoms with Crippen molar-refractivity contribution >= 4 is 12.0 Å². The zero-order valence-electron chi connectivity index (χ0n) is 15.5. The van der Waals surface area contributed by atoms with E-state index >= 15 is 0 Å². The first-order chi connectivity index (χ1) is 13.6. The standard InChI is InChI=1S/C22H23F2N3O/c23-17-5-4-16(21(24)10-17)12-27-13-19-18(20(19)14-27)7-9-26-22(28)6-3-15-2-1-8-25-11-15/h1-6,8,10-11,18-20H,7,9,12-14H2,(H,26,28)/b6-3+/t18?,19-,20+. The summed E-state index contributed by atoms with van der Waals surface area (Å²) in [7, 11) is 0. The summed E-state index contributed by atoms with van der Waals surface area (Å²) in [6.45, 7) is 3.09. The summed E-state index contributed by atoms with van der Waals surface area (Å²) in [5, 5.41) is 2.93. The summed E-state index contributed by atoms with van der Waals surface area (Å²) in [6.07, 6.45) is 7.66. The van der Waals surface area contributed by atoms with Gasteiger partial charge in [0, 0.05) is 56.3 Å². The lowest BCUT2D eigenvalue weighted by molar-refractivity contribution is -0.116. The average molecular weight is 383 g/mol. The molecule has 1 saturated carbocycles. The first-order valence-corrected chi connectivity index (χ1v) is 9.62. The predicted molar refractivity (Wildman–Crippen MR) is 103 cm³/mol. The van der Waals surface area contributed by atoms with Gasteiger partial charge in [-0.05, 0) is 47.9 Å². The molecule has 2 aromatic rings. The van der Waals surface area contributed by atoms with Crippen LogP contribution in [0, 0.1) is 29.4 Å². The van der Waals surface area contributed by atoms with Crippen molar-refractivity contribution in [3.05, 3.63) is 71.6 Å². The van der Waals surface area contributed by atoms with Crippen molar-refractivity contribution in [2.24, 2.45) is 17.8 Å². The van der Waals surface area contributed by atoms with Crippen LogP contribution in [0.25, 0.3) is 6.08 Å². The molecule has 1 aromatic carbocycles. The van der Waals surface area contributed by atoms with Gasteiger partial charge < -0.3 is 5.32 Å². The lowest BCUT2D eigenvalue weighted by Crippen LogP contribution is -2.26. The van der Waals surface area contributed by atoms with Crippen LogP contribution in [0.4, 0.5) is 8.78 Å². The van der Waals surface area contributed by atoms with Crippen molar-refractivity contribution in [1.82, 2.24) is 15.2 Å². The van der Waals surface area contributed by atoms with Gasteiger partial charge in [0.2, 0.25) is 5.91 Å². The number of likely N-dealkylation sites (tertiary alicyclic amines) is 1. The molecular formula is C22H23F2N3O. The van der Waals surface area contributed by atoms with E-state index in [1.165, 1.54) is 18.2 Å². The van der Waals surface area contributed by atoms with E-state index in [-0.39, 0.29) is 5.91 Å². The van der Waals surface area contributed by atoms with E-state index in [1.807, 2.05) is 12.1 Å². The summed E-state index contributed by atoms with van der Waals surface area (Å²) in [6, 6.07) is 7.51. The highest BCUT2D eigenvalue weighted by molar-refractivity contribution is 5.91. The van der Waals surface area contributed by atoms with Gasteiger partial charge >= 0.3 is 0 Å². The largest absolute Gasteiger partial charge is 0.353 e. The number of benzene rings is 1. The van der Waals surface area contributed by atoms with Gasteiger partial charge in [-0.3, -0.25) is 14.7 Å². The van der Waals surface area contributed by atoms with Crippen LogP contribution in [0.1, 0.15) is 17.5 Å². The van der Waals surface area contributed by atoms with Gasteiger partial charge in [-0.25, -0.2) is 8.78 Å². The van der Waals surface area contributed by atoms with E-state index < -0.39 is 11.6 Å². The highest BCUT2D eigenvalue weighted by atomic mass is 19.1. The fourth-order valence-corrected chi connectivity index (χ4v) is 4.25. The van der Waals surface area contributed by atoms with Crippen LogP contribution < -0.4 is 5.32 Å². The molecule has 1 amide bonds. The van der Waals surface area contributed by atoms with Crippen LogP contribution in [0.5, 0.6) is 0 Å². The number of amides is 1. The third kappa shape index (κ3) is 4.44. The molecule has 0 bridgehead atoms. The monoisotopic (exact) mass is 383 g/mol. The Morgan fingerprint density at radius 3 is 2.79 bits per heavy atom. The van der Waals surface area contributed by atoms with Gasteiger partial charge in [-0.1, -0.05) is 12.1 Å². The Labute approximate surface area is 163 Å². The van der Waals surface area contributed by atoms with Crippen molar-refractivity contribution < 1.29 is 13.6 Å². The lowest BCUT2D eigenvalue weighted by Gasteiger charge is -2.19. The zero-order valence-corrected chi connectivity index (χ0v) is 15.5. The SMILES string of the molecule is O=C(/C=C/c1cccnc1)NCCC1[C@H]2CN(Cc3ccc(F)cc3F)C[C@@H]12. The molecule has 2 fully saturated rings. The second-order valence-corrected chi connectivity index (χ2v) is 7.62. The van der Waals surface area contributed by atoms with Gasteiger partial charge in [-0.2, -0.15) is 0 Å². The van der Waals surface area contributed by atoms with Crippen molar-refractivity contribution in [1.29, 1.82) is 0 Å². The number of carbonyl (C=O) groups excluding carboxylic acids is 1. The van der Waals surface area contributed by atoms with Crippen LogP contribution in [0.2, 0.25) is 0 Å². The lowest BCUT2D eigenvalue weighted by atomic mass is 10.1. The normalized spacial score (nSPS) is 23.7. The summed E-state index contributed by atoms with van der Waals surface area (Å²) >= 11 is 0. The zero-order chi connectivity index (χ0) is 19.5. The number of fused-ring (bicyclic) bond motifs is 1. The van der Waals surface area contributed by atoms with Gasteiger partial charge in [0.15, 0.2) is 0 Å². The Hall–Kier alpha value is -2.60. The first-order valence-electron chi connectivity index (χ1n) is 9.62. The van der Waals surface area contributed by atoms with Crippen LogP contribution in [0.15, 0.2) is 48.8 Å². The minimum absolute atomic E-state index is 0.0944. The highest BCUT2D eigenvalue weighted by Crippen LogP contribution is 2.53. The minimum atomic E-state index is -0.539. The van der Waals surface area contributed by atoms with Gasteiger partial charge in [-0.15, -0.1) is 0 Å². The quantitative estimate of drug-likeness (QED) is 0.747. The molecule has 6 heteroatoms. The molecule has 2 aliphatic rings. The van der Waals surface area contributed by atoms with Crippen molar-refractivity contribution in [2.45, 2.75) is 13.0 Å². The van der Waals surface area contributed by atoms with Crippen molar-refractivity contribution in [3.63, 3.8) is 0 Å². The fourth-order valence-electron chi connectivity index (χ4n) is 4.25. The molecule has 2 heterocycles. The van der Waals surface area contributed by atoms with E-state index in [2.05, 4.69) is 15.2 Å². The van der Waals surface area contributed by atoms with Crippen LogP contribution in [-0.4, -0.2) is 35.4 Å². The number of pyridine rings is 1. The summed E-state index contributed by atoms with van der Waals surface area (Å²) in [5.74, 6) is 0.791. The molecule has 28 heavy (non-hydrogen) atoms. The molecule has 1 aliphatic carbocycles. The Morgan fingerprint density at radius 2 is 2.07 bits per heavy atom. The Balaban J connectivity index is 1.16. The van der Waals surface area contributed by atoms with E-state index in [9.17, 15) is 13.6 Å². The van der Waals surface area contributed by atoms with E-state index in [1.54, 1.807) is 18.5 Å². The molecular weight excluding hydrogens is 360 g/mol. The van der Waals surface area contributed by atoms with E-state index in [4.69, 9.17) is 0 Å². The number of hydrogen-bond acceptors (Lipinski definition) is 3. The predicted octanol–water partition coefficient (Wildman–Crippen LogP) is 3.26. The maximum absolute atomic E-state index is 13.8. The number of piperidine rings is 1. The first kappa shape index (κ1) is 18.7. The number of carbonyl (C=O) groups is 1. The van der Waals surface area contributed by atoms with Crippen LogP contribution in [-0.2, 0) is 11.3 Å². The molecule has 146 valence electrons. The molecule has 1 unspecified atom stereocenters. The molecule has 0 spiro atoms. The Kier molecular flexibility index (Phi) is 5.48. The van der Waals surface area contributed by atoms with E-state index in [0.717, 1.165) is 31.1 Å². The number of nitrogens with one attached hydrogen (secondary N) is 1. The third-order valence-corrected chi connectivity index (χ3v) is 5.74. The molecule has 1 aromatic heterocycles. The highest BCUT2D eigenvalue weighted by Gasteiger charge is 2.54. The van der Waals surface area contributed by atoms with Crippen molar-refractivity contribution in [2.75, 3.05) is 19.6 Å². The molecule has 1 aliphatic heterocycles. The van der Waals surface area contributed by atoms with Crippen molar-refractivity contribution in [3.8, 4) is 0 Å². The molecule has 1 N–H and O–H groups in total. The fraction of sp³-hybridized carbons (Fsp3) is 0.364. The molecule has 3 atom stereocenters. The Morgan fingerprint density at radius 1 is 1.25 bits per heavy atom. The number of aromatic nitrogens is 1. The number of halogens is 2. The molecule has 1 saturated heterocycles. The van der Waals surface area contributed by atoms with Gasteiger partial charge in [0.05, 0.1) is 0 Å². The maximum Gasteiger partial charge on any atom is 0.244 e. The molecule has 0 radical (unpaired) electrons. The van der Waals surface area contributed by atoms with Crippen LogP contribution in [0.3, 0.4) is 0 Å². The van der Waals surface area contributed by atoms with Gasteiger partial charge in [0.25, 0.3) is 0 Å². The Bertz CT molecular complexity index is 859. The van der Waals surface area contributed by atoms with E-state index in [0.29, 0.717) is 36.4 Å². The number of nitrogens with zero attached hydrogens (tertiary/aromatic N) is 2. The molecule has 4 rings (SSSR count). The van der Waals surface area contributed by atoms with Crippen LogP contribution >= 0.6 is 0 Å². The number of hydrogen-bond donors (Lipinski definition) is 1. The minimum Gasteiger partial charge on any atom is -0.353 e. The second-order valence-electron chi connectivity index (χ2n) is 7.62. The topological polar surface area (TPSA) is 45.2 Å². The molecule has 4 nitrogen and oxygen atoms in total. The maximum atomic E-state index is 13.8. The average Bonchev–Trinajstić information content (AvgIpc) is 3.14. The smallest absolute Gasteiger partial charge is 0.244 e. The third-order valence-electron chi connectivity index (χ3n) is 5.74. The summed E-state index contributed by atoms with van der Waals surface area (Å²) in [4.78, 5) is 18.1. The summed E-state index contributed by atoms with van der Waals surface area (Å²) in [5.41, 5.74) is 1.44. The summed E-state index contributed by atoms with van der Waals surface area (Å²) < 4.78 is 26.8. The second kappa shape index (κ2) is 8.19. The van der Waals surface area contributed by atoms with Gasteiger partial charge in [0.1, 0.15) is 11.6 Å². The number of rotatable bonds is 7.